The fourth-order valence-corrected chi connectivity index (χ4v) is 1.56. The Hall–Kier alpha value is -0.310. The van der Waals surface area contributed by atoms with Gasteiger partial charge < -0.3 is 0 Å². The van der Waals surface area contributed by atoms with E-state index in [2.05, 4.69) is 20.8 Å². The smallest absolute Gasteiger partial charge is 0.168 e. The van der Waals surface area contributed by atoms with Crippen LogP contribution in [0.3, 0.4) is 0 Å². The highest BCUT2D eigenvalue weighted by Gasteiger charge is 2.07. The van der Waals surface area contributed by atoms with Crippen molar-refractivity contribution in [3.05, 3.63) is 11.5 Å². The van der Waals surface area contributed by atoms with Gasteiger partial charge >= 0.3 is 0 Å². The topological polar surface area (TPSA) is 34.1 Å². The van der Waals surface area contributed by atoms with E-state index in [4.69, 9.17) is 0 Å². The zero-order chi connectivity index (χ0) is 9.78. The molecule has 2 nitrogen and oxygen atoms in total. The van der Waals surface area contributed by atoms with Crippen molar-refractivity contribution in [3.8, 4) is 0 Å². The summed E-state index contributed by atoms with van der Waals surface area (Å²) in [6.07, 6.45) is 4.00. The third-order valence-corrected chi connectivity index (χ3v) is 2.55. The van der Waals surface area contributed by atoms with E-state index >= 15 is 0 Å². The Labute approximate surface area is 75.6 Å². The molecule has 0 spiro atoms. The molecule has 0 bridgehead atoms. The molecule has 12 heavy (non-hydrogen) atoms. The summed E-state index contributed by atoms with van der Waals surface area (Å²) in [6, 6.07) is 0. The van der Waals surface area contributed by atoms with Crippen LogP contribution in [0.25, 0.3) is 0 Å². The predicted molar refractivity (Wildman–Crippen MR) is 52.6 cm³/mol. The molecule has 3 heteroatoms. The molecule has 0 amide bonds. The average Bonchev–Trinajstić information content (AvgIpc) is 1.85. The van der Waals surface area contributed by atoms with E-state index in [1.165, 1.54) is 11.7 Å². The van der Waals surface area contributed by atoms with Crippen LogP contribution in [0.15, 0.2) is 11.5 Å². The first-order valence-electron chi connectivity index (χ1n) is 4.25. The van der Waals surface area contributed by atoms with Gasteiger partial charge in [0.2, 0.25) is 0 Å². The molecule has 0 aromatic carbocycles. The van der Waals surface area contributed by atoms with Crippen molar-refractivity contribution in [1.82, 2.24) is 0 Å². The molecule has 0 saturated heterocycles. The maximum atomic E-state index is 10.8. The van der Waals surface area contributed by atoms with Gasteiger partial charge in [0.05, 0.1) is 0 Å². The van der Waals surface area contributed by atoms with E-state index < -0.39 is 9.84 Å². The van der Waals surface area contributed by atoms with Gasteiger partial charge in [0, 0.05) is 11.7 Å². The highest BCUT2D eigenvalue weighted by Crippen LogP contribution is 2.16. The van der Waals surface area contributed by atoms with Gasteiger partial charge in [-0.15, -0.1) is 0 Å². The van der Waals surface area contributed by atoms with Crippen molar-refractivity contribution in [2.45, 2.75) is 27.2 Å². The Kier molecular flexibility index (Phi) is 4.53. The molecule has 0 radical (unpaired) electrons. The Balaban J connectivity index is 4.31. The summed E-state index contributed by atoms with van der Waals surface area (Å²) in [5.74, 6) is 0.882. The molecule has 0 aromatic heterocycles. The normalized spacial score (nSPS) is 15.8. The molecular formula is C9H18O2S. The highest BCUT2D eigenvalue weighted by atomic mass is 32.2. The number of hydrogen-bond donors (Lipinski definition) is 0. The molecule has 0 N–H and O–H groups in total. The van der Waals surface area contributed by atoms with Gasteiger partial charge in [0.1, 0.15) is 0 Å². The number of hydrogen-bond acceptors (Lipinski definition) is 2. The molecule has 0 aliphatic carbocycles. The second-order valence-corrected chi connectivity index (χ2v) is 5.41. The van der Waals surface area contributed by atoms with E-state index in [9.17, 15) is 8.42 Å². The number of rotatable bonds is 4. The summed E-state index contributed by atoms with van der Waals surface area (Å²) >= 11 is 0. The van der Waals surface area contributed by atoms with Crippen molar-refractivity contribution in [2.75, 3.05) is 6.26 Å². The largest absolute Gasteiger partial charge is 0.225 e. The van der Waals surface area contributed by atoms with Crippen molar-refractivity contribution in [3.63, 3.8) is 0 Å². The van der Waals surface area contributed by atoms with Gasteiger partial charge in [-0.3, -0.25) is 0 Å². The van der Waals surface area contributed by atoms with Gasteiger partial charge in [-0.2, -0.15) is 0 Å². The average molecular weight is 190 g/mol. The molecule has 0 rings (SSSR count). The van der Waals surface area contributed by atoms with Crippen molar-refractivity contribution in [2.24, 2.45) is 11.8 Å². The van der Waals surface area contributed by atoms with Crippen LogP contribution in [0.4, 0.5) is 0 Å². The fourth-order valence-electron chi connectivity index (χ4n) is 1.07. The minimum atomic E-state index is -2.94. The summed E-state index contributed by atoms with van der Waals surface area (Å²) in [7, 11) is -2.94. The maximum Gasteiger partial charge on any atom is 0.168 e. The number of sulfone groups is 1. The summed E-state index contributed by atoms with van der Waals surface area (Å²) in [4.78, 5) is 0. The quantitative estimate of drug-likeness (QED) is 0.681. The van der Waals surface area contributed by atoms with Gasteiger partial charge in [0.25, 0.3) is 0 Å². The van der Waals surface area contributed by atoms with Crippen LogP contribution in [0.5, 0.6) is 0 Å². The van der Waals surface area contributed by atoms with Crippen molar-refractivity contribution < 1.29 is 8.42 Å². The Morgan fingerprint density at radius 3 is 2.08 bits per heavy atom. The lowest BCUT2D eigenvalue weighted by Crippen LogP contribution is -2.04. The van der Waals surface area contributed by atoms with E-state index in [1.54, 1.807) is 6.08 Å². The molecule has 0 fully saturated rings. The van der Waals surface area contributed by atoms with Gasteiger partial charge in [-0.05, 0) is 18.3 Å². The van der Waals surface area contributed by atoms with E-state index in [0.717, 1.165) is 6.42 Å². The third-order valence-electron chi connectivity index (χ3n) is 1.90. The summed E-state index contributed by atoms with van der Waals surface area (Å²) in [5.41, 5.74) is 0. The molecular weight excluding hydrogens is 172 g/mol. The summed E-state index contributed by atoms with van der Waals surface area (Å²) in [5, 5.41) is 1.31. The van der Waals surface area contributed by atoms with Crippen LogP contribution in [-0.2, 0) is 9.84 Å². The number of allylic oxidation sites excluding steroid dienone is 1. The van der Waals surface area contributed by atoms with E-state index in [1.807, 2.05) is 0 Å². The van der Waals surface area contributed by atoms with Gasteiger partial charge in [0.15, 0.2) is 9.84 Å². The van der Waals surface area contributed by atoms with Crippen LogP contribution in [-0.4, -0.2) is 14.7 Å². The fraction of sp³-hybridized carbons (Fsp3) is 0.778. The minimum absolute atomic E-state index is 0.375. The maximum absolute atomic E-state index is 10.8. The third kappa shape index (κ3) is 5.35. The zero-order valence-electron chi connectivity index (χ0n) is 8.24. The van der Waals surface area contributed by atoms with Crippen molar-refractivity contribution >= 4 is 9.84 Å². The lowest BCUT2D eigenvalue weighted by molar-refractivity contribution is 0.453. The molecule has 0 aliphatic heterocycles. The molecule has 0 aromatic rings. The van der Waals surface area contributed by atoms with Crippen LogP contribution in [0, 0.1) is 11.8 Å². The van der Waals surface area contributed by atoms with Crippen LogP contribution < -0.4 is 0 Å². The summed E-state index contributed by atoms with van der Waals surface area (Å²) in [6.45, 7) is 6.26. The minimum Gasteiger partial charge on any atom is -0.225 e. The second kappa shape index (κ2) is 4.65. The molecule has 72 valence electrons. The predicted octanol–water partition coefficient (Wildman–Crippen LogP) is 2.23. The van der Waals surface area contributed by atoms with E-state index in [-0.39, 0.29) is 0 Å². The van der Waals surface area contributed by atoms with Crippen LogP contribution >= 0.6 is 0 Å². The molecule has 0 unspecified atom stereocenters. The Bertz CT molecular complexity index is 237. The SMILES string of the molecule is CC[C@H](/C=C/S(C)(=O)=O)C(C)C. The molecule has 0 saturated carbocycles. The second-order valence-electron chi connectivity index (χ2n) is 3.47. The molecule has 1 atom stereocenters. The molecule has 0 aliphatic rings. The Morgan fingerprint density at radius 1 is 1.33 bits per heavy atom. The first-order valence-corrected chi connectivity index (χ1v) is 6.20. The monoisotopic (exact) mass is 190 g/mol. The highest BCUT2D eigenvalue weighted by molar-refractivity contribution is 7.93. The first-order chi connectivity index (χ1) is 5.37. The first kappa shape index (κ1) is 11.7. The van der Waals surface area contributed by atoms with Crippen LogP contribution in [0.2, 0.25) is 0 Å². The van der Waals surface area contributed by atoms with Crippen molar-refractivity contribution in [1.29, 1.82) is 0 Å². The lowest BCUT2D eigenvalue weighted by Gasteiger charge is -2.13. The Morgan fingerprint density at radius 2 is 1.83 bits per heavy atom. The lowest BCUT2D eigenvalue weighted by atomic mass is 9.94. The van der Waals surface area contributed by atoms with Gasteiger partial charge in [-0.25, -0.2) is 8.42 Å². The standard InChI is InChI=1S/C9H18O2S/c1-5-9(8(2)3)6-7-12(4,10)11/h6-9H,5H2,1-4H3/b7-6+/t9-/m1/s1. The van der Waals surface area contributed by atoms with Crippen LogP contribution in [0.1, 0.15) is 27.2 Å². The van der Waals surface area contributed by atoms with Gasteiger partial charge in [-0.1, -0.05) is 26.8 Å². The summed E-state index contributed by atoms with van der Waals surface area (Å²) < 4.78 is 21.6. The molecule has 0 heterocycles. The zero-order valence-corrected chi connectivity index (χ0v) is 9.06. The van der Waals surface area contributed by atoms with E-state index in [0.29, 0.717) is 11.8 Å².